The molecule has 2 N–H and O–H groups in total. The number of nitrogens with one attached hydrogen (secondary N) is 2. The molecule has 96 valence electrons. The Morgan fingerprint density at radius 3 is 2.68 bits per heavy atom. The topological polar surface area (TPSA) is 70.8 Å². The molecule has 6 heteroatoms. The van der Waals surface area contributed by atoms with Gasteiger partial charge in [-0.15, -0.1) is 0 Å². The number of benzene rings is 1. The Morgan fingerprint density at radius 1 is 1.16 bits per heavy atom. The minimum Gasteiger partial charge on any atom is -0.497 e. The van der Waals surface area contributed by atoms with Gasteiger partial charge in [0.15, 0.2) is 5.65 Å². The third kappa shape index (κ3) is 2.48. The Labute approximate surface area is 113 Å². The normalized spacial score (nSPS) is 10.8. The molecule has 19 heavy (non-hydrogen) atoms. The van der Waals surface area contributed by atoms with Gasteiger partial charge in [-0.2, -0.15) is 0 Å². The lowest BCUT2D eigenvalue weighted by atomic mass is 10.3. The van der Waals surface area contributed by atoms with Gasteiger partial charge in [0, 0.05) is 16.0 Å². The van der Waals surface area contributed by atoms with Crippen LogP contribution in [0.4, 0.5) is 0 Å². The van der Waals surface area contributed by atoms with E-state index >= 15 is 0 Å². The molecule has 0 spiro atoms. The Balaban J connectivity index is 1.89. The minimum absolute atomic E-state index is 0.242. The van der Waals surface area contributed by atoms with Gasteiger partial charge in [-0.1, -0.05) is 11.8 Å². The van der Waals surface area contributed by atoms with Crippen LogP contribution in [0, 0.1) is 0 Å². The van der Waals surface area contributed by atoms with E-state index in [4.69, 9.17) is 4.74 Å². The molecule has 0 bridgehead atoms. The van der Waals surface area contributed by atoms with Crippen LogP contribution in [0.25, 0.3) is 11.2 Å². The van der Waals surface area contributed by atoms with Gasteiger partial charge >= 0.3 is 5.69 Å². The molecule has 0 aliphatic rings. The summed E-state index contributed by atoms with van der Waals surface area (Å²) < 4.78 is 5.11. The van der Waals surface area contributed by atoms with Crippen molar-refractivity contribution in [2.24, 2.45) is 0 Å². The van der Waals surface area contributed by atoms with Crippen LogP contribution in [0.1, 0.15) is 0 Å². The Hall–Kier alpha value is -2.21. The standard InChI is InChI=1S/C13H11N3O2S/c1-18-8-2-4-9(5-3-8)19-10-6-11-12(14-7-10)16-13(17)15-11/h2-7H,1H3,(H2,14,15,16,17). The van der Waals surface area contributed by atoms with Crippen molar-refractivity contribution in [3.05, 3.63) is 47.0 Å². The quantitative estimate of drug-likeness (QED) is 0.768. The van der Waals surface area contributed by atoms with E-state index in [0.29, 0.717) is 11.2 Å². The highest BCUT2D eigenvalue weighted by molar-refractivity contribution is 7.99. The van der Waals surface area contributed by atoms with Crippen molar-refractivity contribution in [1.82, 2.24) is 15.0 Å². The van der Waals surface area contributed by atoms with Crippen molar-refractivity contribution in [3.63, 3.8) is 0 Å². The second kappa shape index (κ2) is 4.81. The van der Waals surface area contributed by atoms with Crippen molar-refractivity contribution < 1.29 is 4.74 Å². The fourth-order valence-corrected chi connectivity index (χ4v) is 2.56. The number of pyridine rings is 1. The maximum atomic E-state index is 11.2. The van der Waals surface area contributed by atoms with E-state index in [-0.39, 0.29) is 5.69 Å². The fraction of sp³-hybridized carbons (Fsp3) is 0.0769. The molecular weight excluding hydrogens is 262 g/mol. The molecule has 3 aromatic rings. The van der Waals surface area contributed by atoms with Crippen molar-refractivity contribution in [3.8, 4) is 5.75 Å². The zero-order valence-corrected chi connectivity index (χ0v) is 11.0. The molecule has 0 aliphatic heterocycles. The van der Waals surface area contributed by atoms with Crippen molar-refractivity contribution in [2.75, 3.05) is 7.11 Å². The summed E-state index contributed by atoms with van der Waals surface area (Å²) in [6.45, 7) is 0. The van der Waals surface area contributed by atoms with Gasteiger partial charge in [0.1, 0.15) is 5.75 Å². The van der Waals surface area contributed by atoms with Gasteiger partial charge in [-0.3, -0.25) is 4.98 Å². The molecule has 0 amide bonds. The van der Waals surface area contributed by atoms with Gasteiger partial charge in [0.05, 0.1) is 12.6 Å². The van der Waals surface area contributed by atoms with Crippen LogP contribution in [0.2, 0.25) is 0 Å². The molecule has 0 aliphatic carbocycles. The van der Waals surface area contributed by atoms with E-state index in [1.165, 1.54) is 0 Å². The number of H-pyrrole nitrogens is 2. The van der Waals surface area contributed by atoms with Gasteiger partial charge in [0.2, 0.25) is 0 Å². The molecule has 3 rings (SSSR count). The number of fused-ring (bicyclic) bond motifs is 1. The molecule has 0 unspecified atom stereocenters. The smallest absolute Gasteiger partial charge is 0.325 e. The number of hydrogen-bond donors (Lipinski definition) is 2. The van der Waals surface area contributed by atoms with Crippen molar-refractivity contribution in [2.45, 2.75) is 9.79 Å². The summed E-state index contributed by atoms with van der Waals surface area (Å²) in [6.07, 6.45) is 1.74. The van der Waals surface area contributed by atoms with Crippen LogP contribution >= 0.6 is 11.8 Å². The second-order valence-corrected chi connectivity index (χ2v) is 5.07. The predicted molar refractivity (Wildman–Crippen MR) is 73.8 cm³/mol. The maximum absolute atomic E-state index is 11.2. The van der Waals surface area contributed by atoms with E-state index in [9.17, 15) is 4.79 Å². The number of aromatic amines is 2. The average Bonchev–Trinajstić information content (AvgIpc) is 2.79. The third-order valence-electron chi connectivity index (χ3n) is 2.64. The number of methoxy groups -OCH3 is 1. The van der Waals surface area contributed by atoms with Gasteiger partial charge < -0.3 is 9.72 Å². The van der Waals surface area contributed by atoms with Crippen molar-refractivity contribution >= 4 is 22.9 Å². The molecular formula is C13H11N3O2S. The average molecular weight is 273 g/mol. The Kier molecular flexibility index (Phi) is 3.00. The first-order chi connectivity index (χ1) is 9.24. The first-order valence-electron chi connectivity index (χ1n) is 5.64. The molecule has 0 saturated heterocycles. The van der Waals surface area contributed by atoms with E-state index < -0.39 is 0 Å². The molecule has 5 nitrogen and oxygen atoms in total. The predicted octanol–water partition coefficient (Wildman–Crippen LogP) is 2.41. The van der Waals surface area contributed by atoms with E-state index in [2.05, 4.69) is 15.0 Å². The zero-order valence-electron chi connectivity index (χ0n) is 10.1. The number of rotatable bonds is 3. The lowest BCUT2D eigenvalue weighted by Gasteiger charge is -2.03. The summed E-state index contributed by atoms with van der Waals surface area (Å²) in [5, 5.41) is 0. The minimum atomic E-state index is -0.242. The molecule has 0 atom stereocenters. The van der Waals surface area contributed by atoms with E-state index in [1.807, 2.05) is 30.3 Å². The van der Waals surface area contributed by atoms with Gasteiger partial charge in [0.25, 0.3) is 0 Å². The van der Waals surface area contributed by atoms with Crippen LogP contribution < -0.4 is 10.4 Å². The molecule has 1 aromatic carbocycles. The molecule has 2 heterocycles. The van der Waals surface area contributed by atoms with Gasteiger partial charge in [-0.05, 0) is 30.3 Å². The highest BCUT2D eigenvalue weighted by atomic mass is 32.2. The largest absolute Gasteiger partial charge is 0.497 e. The lowest BCUT2D eigenvalue weighted by molar-refractivity contribution is 0.414. The lowest BCUT2D eigenvalue weighted by Crippen LogP contribution is -1.99. The molecule has 2 aromatic heterocycles. The number of hydrogen-bond acceptors (Lipinski definition) is 4. The first kappa shape index (κ1) is 11.9. The summed E-state index contributed by atoms with van der Waals surface area (Å²) in [4.78, 5) is 22.7. The summed E-state index contributed by atoms with van der Waals surface area (Å²) in [5.74, 6) is 0.827. The van der Waals surface area contributed by atoms with Crippen LogP contribution in [-0.4, -0.2) is 22.1 Å². The SMILES string of the molecule is COc1ccc(Sc2cnc3[nH]c(=O)[nH]c3c2)cc1. The first-order valence-corrected chi connectivity index (χ1v) is 6.46. The Morgan fingerprint density at radius 2 is 1.95 bits per heavy atom. The summed E-state index contributed by atoms with van der Waals surface area (Å²) in [6, 6.07) is 9.68. The highest BCUT2D eigenvalue weighted by Crippen LogP contribution is 2.29. The number of imidazole rings is 1. The van der Waals surface area contributed by atoms with Crippen LogP contribution in [-0.2, 0) is 0 Å². The highest BCUT2D eigenvalue weighted by Gasteiger charge is 2.03. The zero-order chi connectivity index (χ0) is 13.2. The maximum Gasteiger partial charge on any atom is 0.325 e. The third-order valence-corrected chi connectivity index (χ3v) is 3.60. The van der Waals surface area contributed by atoms with Crippen LogP contribution in [0.5, 0.6) is 5.75 Å². The number of nitrogens with zero attached hydrogens (tertiary/aromatic N) is 1. The van der Waals surface area contributed by atoms with E-state index in [0.717, 1.165) is 15.5 Å². The molecule has 0 radical (unpaired) electrons. The summed E-state index contributed by atoms with van der Waals surface area (Å²) in [5.41, 5.74) is 1.04. The molecule has 0 fully saturated rings. The summed E-state index contributed by atoms with van der Waals surface area (Å²) >= 11 is 1.58. The van der Waals surface area contributed by atoms with Crippen LogP contribution in [0.15, 0.2) is 51.1 Å². The fourth-order valence-electron chi connectivity index (χ4n) is 1.74. The van der Waals surface area contributed by atoms with Crippen molar-refractivity contribution in [1.29, 1.82) is 0 Å². The van der Waals surface area contributed by atoms with E-state index in [1.54, 1.807) is 25.1 Å². The molecule has 0 saturated carbocycles. The monoisotopic (exact) mass is 273 g/mol. The van der Waals surface area contributed by atoms with Crippen LogP contribution in [0.3, 0.4) is 0 Å². The summed E-state index contributed by atoms with van der Waals surface area (Å²) in [7, 11) is 1.64. The number of aromatic nitrogens is 3. The number of ether oxygens (including phenoxy) is 1. The second-order valence-electron chi connectivity index (χ2n) is 3.92. The Bertz CT molecular complexity index is 761. The van der Waals surface area contributed by atoms with Gasteiger partial charge in [-0.25, -0.2) is 9.78 Å².